The SMILES string of the molecule is CCN(CC)CCOc1ccc(CNC(=NC)NCc2ccc(C)s2)cc1.I. The van der Waals surface area contributed by atoms with E-state index in [4.69, 9.17) is 4.74 Å². The number of hydrogen-bond donors (Lipinski definition) is 2. The first-order valence-corrected chi connectivity index (χ1v) is 10.4. The van der Waals surface area contributed by atoms with Crippen LogP contribution in [-0.4, -0.2) is 44.1 Å². The van der Waals surface area contributed by atoms with Crippen molar-refractivity contribution in [2.75, 3.05) is 33.3 Å². The van der Waals surface area contributed by atoms with E-state index in [1.165, 1.54) is 15.3 Å². The number of guanidine groups is 1. The van der Waals surface area contributed by atoms with Crippen LogP contribution in [0, 0.1) is 6.92 Å². The van der Waals surface area contributed by atoms with Crippen LogP contribution in [0.4, 0.5) is 0 Å². The lowest BCUT2D eigenvalue weighted by Crippen LogP contribution is -2.36. The molecule has 0 unspecified atom stereocenters. The average Bonchev–Trinajstić information content (AvgIpc) is 3.11. The third kappa shape index (κ3) is 8.79. The molecule has 0 bridgehead atoms. The van der Waals surface area contributed by atoms with Crippen LogP contribution in [0.3, 0.4) is 0 Å². The first-order chi connectivity index (χ1) is 13.1. The summed E-state index contributed by atoms with van der Waals surface area (Å²) >= 11 is 1.80. The predicted octanol–water partition coefficient (Wildman–Crippen LogP) is 4.26. The Morgan fingerprint density at radius 1 is 1.04 bits per heavy atom. The molecule has 0 aliphatic heterocycles. The van der Waals surface area contributed by atoms with E-state index >= 15 is 0 Å². The predicted molar refractivity (Wildman–Crippen MR) is 131 cm³/mol. The van der Waals surface area contributed by atoms with Gasteiger partial charge in [-0.15, -0.1) is 35.3 Å². The van der Waals surface area contributed by atoms with Gasteiger partial charge in [0.05, 0.1) is 6.54 Å². The summed E-state index contributed by atoms with van der Waals surface area (Å²) in [7, 11) is 1.79. The Labute approximate surface area is 190 Å². The number of halogens is 1. The average molecular weight is 516 g/mol. The monoisotopic (exact) mass is 516 g/mol. The number of hydrogen-bond acceptors (Lipinski definition) is 4. The van der Waals surface area contributed by atoms with Crippen LogP contribution in [0.5, 0.6) is 5.75 Å². The molecule has 0 fully saturated rings. The van der Waals surface area contributed by atoms with E-state index < -0.39 is 0 Å². The van der Waals surface area contributed by atoms with Crippen molar-refractivity contribution < 1.29 is 4.74 Å². The zero-order chi connectivity index (χ0) is 19.5. The molecule has 0 atom stereocenters. The van der Waals surface area contributed by atoms with E-state index in [9.17, 15) is 0 Å². The molecule has 2 N–H and O–H groups in total. The number of aliphatic imine (C=N–C) groups is 1. The van der Waals surface area contributed by atoms with Crippen molar-refractivity contribution >= 4 is 41.3 Å². The summed E-state index contributed by atoms with van der Waals surface area (Å²) < 4.78 is 5.83. The number of likely N-dealkylation sites (N-methyl/N-ethyl adjacent to an activating group) is 1. The van der Waals surface area contributed by atoms with Crippen molar-refractivity contribution in [3.8, 4) is 5.75 Å². The van der Waals surface area contributed by atoms with Gasteiger partial charge in [-0.05, 0) is 49.8 Å². The number of aryl methyl sites for hydroxylation is 1. The van der Waals surface area contributed by atoms with Crippen molar-refractivity contribution in [3.05, 3.63) is 51.7 Å². The highest BCUT2D eigenvalue weighted by Gasteiger charge is 2.02. The molecule has 0 aliphatic rings. The van der Waals surface area contributed by atoms with Crippen molar-refractivity contribution in [1.82, 2.24) is 15.5 Å². The van der Waals surface area contributed by atoms with Gasteiger partial charge in [-0.2, -0.15) is 0 Å². The fourth-order valence-corrected chi connectivity index (χ4v) is 3.52. The number of nitrogens with one attached hydrogen (secondary N) is 2. The lowest BCUT2D eigenvalue weighted by molar-refractivity contribution is 0.223. The Balaban J connectivity index is 0.00000392. The van der Waals surface area contributed by atoms with Gasteiger partial charge in [0.1, 0.15) is 12.4 Å². The Morgan fingerprint density at radius 2 is 1.71 bits per heavy atom. The minimum absolute atomic E-state index is 0. The second-order valence-electron chi connectivity index (χ2n) is 6.31. The molecule has 1 aromatic carbocycles. The largest absolute Gasteiger partial charge is 0.492 e. The molecule has 28 heavy (non-hydrogen) atoms. The van der Waals surface area contributed by atoms with Crippen molar-refractivity contribution in [2.45, 2.75) is 33.9 Å². The van der Waals surface area contributed by atoms with Crippen molar-refractivity contribution in [3.63, 3.8) is 0 Å². The molecular formula is C21H33IN4OS. The summed E-state index contributed by atoms with van der Waals surface area (Å²) in [4.78, 5) is 9.28. The molecule has 156 valence electrons. The summed E-state index contributed by atoms with van der Waals surface area (Å²) in [5.41, 5.74) is 1.20. The van der Waals surface area contributed by atoms with Crippen LogP contribution in [0.15, 0.2) is 41.4 Å². The highest BCUT2D eigenvalue weighted by atomic mass is 127. The second kappa shape index (κ2) is 13.8. The summed E-state index contributed by atoms with van der Waals surface area (Å²) in [5.74, 6) is 1.72. The van der Waals surface area contributed by atoms with Gasteiger partial charge in [0, 0.05) is 29.9 Å². The summed E-state index contributed by atoms with van der Waals surface area (Å²) in [5, 5.41) is 6.70. The van der Waals surface area contributed by atoms with E-state index in [1.54, 1.807) is 18.4 Å². The van der Waals surface area contributed by atoms with Crippen molar-refractivity contribution in [1.29, 1.82) is 0 Å². The third-order valence-corrected chi connectivity index (χ3v) is 5.40. The molecule has 0 aliphatic carbocycles. The molecule has 0 radical (unpaired) electrons. The summed E-state index contributed by atoms with van der Waals surface area (Å²) in [6, 6.07) is 12.5. The highest BCUT2D eigenvalue weighted by Crippen LogP contribution is 2.14. The zero-order valence-corrected chi connectivity index (χ0v) is 20.5. The number of benzene rings is 1. The first-order valence-electron chi connectivity index (χ1n) is 9.58. The van der Waals surface area contributed by atoms with Gasteiger partial charge in [-0.3, -0.25) is 4.99 Å². The highest BCUT2D eigenvalue weighted by molar-refractivity contribution is 14.0. The molecule has 0 saturated heterocycles. The molecule has 1 heterocycles. The van der Waals surface area contributed by atoms with E-state index in [0.29, 0.717) is 0 Å². The fraction of sp³-hybridized carbons (Fsp3) is 0.476. The van der Waals surface area contributed by atoms with Gasteiger partial charge in [0.15, 0.2) is 5.96 Å². The molecular weight excluding hydrogens is 483 g/mol. The normalized spacial score (nSPS) is 11.2. The van der Waals surface area contributed by atoms with Crippen LogP contribution in [-0.2, 0) is 13.1 Å². The second-order valence-corrected chi connectivity index (χ2v) is 7.68. The maximum atomic E-state index is 5.83. The Bertz CT molecular complexity index is 699. The topological polar surface area (TPSA) is 48.9 Å². The Morgan fingerprint density at radius 3 is 2.29 bits per heavy atom. The maximum absolute atomic E-state index is 5.83. The number of thiophene rings is 1. The van der Waals surface area contributed by atoms with Gasteiger partial charge in [-0.25, -0.2) is 0 Å². The van der Waals surface area contributed by atoms with Crippen LogP contribution < -0.4 is 15.4 Å². The molecule has 0 saturated carbocycles. The first kappa shape index (κ1) is 24.7. The standard InChI is InChI=1S/C21H32N4OS.HI/c1-5-25(6-2)13-14-26-19-10-8-18(9-11-19)15-23-21(22-4)24-16-20-12-7-17(3)27-20;/h7-12H,5-6,13-16H2,1-4H3,(H2,22,23,24);1H. The van der Waals surface area contributed by atoms with Gasteiger partial charge in [0.2, 0.25) is 0 Å². The van der Waals surface area contributed by atoms with Gasteiger partial charge < -0.3 is 20.3 Å². The Hall–Kier alpha value is -1.32. The van der Waals surface area contributed by atoms with Gasteiger partial charge in [-0.1, -0.05) is 26.0 Å². The van der Waals surface area contributed by atoms with E-state index in [2.05, 4.69) is 65.6 Å². The zero-order valence-electron chi connectivity index (χ0n) is 17.3. The minimum Gasteiger partial charge on any atom is -0.492 e. The molecule has 2 aromatic rings. The molecule has 2 rings (SSSR count). The fourth-order valence-electron chi connectivity index (χ4n) is 2.69. The molecule has 0 spiro atoms. The number of nitrogens with zero attached hydrogens (tertiary/aromatic N) is 2. The quantitative estimate of drug-likeness (QED) is 0.282. The van der Waals surface area contributed by atoms with E-state index in [-0.39, 0.29) is 24.0 Å². The van der Waals surface area contributed by atoms with Crippen LogP contribution in [0.25, 0.3) is 0 Å². The number of rotatable bonds is 10. The van der Waals surface area contributed by atoms with Gasteiger partial charge in [0.25, 0.3) is 0 Å². The molecule has 7 heteroatoms. The van der Waals surface area contributed by atoms with Crippen LogP contribution >= 0.6 is 35.3 Å². The van der Waals surface area contributed by atoms with Gasteiger partial charge >= 0.3 is 0 Å². The van der Waals surface area contributed by atoms with Crippen LogP contribution in [0.2, 0.25) is 0 Å². The van der Waals surface area contributed by atoms with Crippen LogP contribution in [0.1, 0.15) is 29.2 Å². The lowest BCUT2D eigenvalue weighted by atomic mass is 10.2. The van der Waals surface area contributed by atoms with E-state index in [1.807, 2.05) is 12.1 Å². The molecule has 5 nitrogen and oxygen atoms in total. The smallest absolute Gasteiger partial charge is 0.191 e. The maximum Gasteiger partial charge on any atom is 0.191 e. The number of ether oxygens (including phenoxy) is 1. The molecule has 0 amide bonds. The van der Waals surface area contributed by atoms with Crippen molar-refractivity contribution in [2.24, 2.45) is 4.99 Å². The molecule has 1 aromatic heterocycles. The lowest BCUT2D eigenvalue weighted by Gasteiger charge is -2.18. The minimum atomic E-state index is 0. The summed E-state index contributed by atoms with van der Waals surface area (Å²) in [6.07, 6.45) is 0. The third-order valence-electron chi connectivity index (χ3n) is 4.40. The van der Waals surface area contributed by atoms with E-state index in [0.717, 1.165) is 51.0 Å². The summed E-state index contributed by atoms with van der Waals surface area (Å²) in [6.45, 7) is 11.8. The Kier molecular flexibility index (Phi) is 12.2.